The molecule has 3 rings (SSSR count). The second-order valence-electron chi connectivity index (χ2n) is 6.71. The highest BCUT2D eigenvalue weighted by Gasteiger charge is 2.29. The highest BCUT2D eigenvalue weighted by atomic mass is 16.6. The Morgan fingerprint density at radius 2 is 1.52 bits per heavy atom. The maximum absolute atomic E-state index is 12.9. The van der Waals surface area contributed by atoms with Crippen molar-refractivity contribution >= 4 is 17.6 Å². The quantitative estimate of drug-likeness (QED) is 0.310. The molecule has 31 heavy (non-hydrogen) atoms. The van der Waals surface area contributed by atoms with E-state index >= 15 is 0 Å². The molecule has 1 aromatic heterocycles. The monoisotopic (exact) mass is 422 g/mol. The Kier molecular flexibility index (Phi) is 6.49. The first-order valence-corrected chi connectivity index (χ1v) is 9.79. The number of esters is 2. The highest BCUT2D eigenvalue weighted by Crippen LogP contribution is 2.32. The van der Waals surface area contributed by atoms with Gasteiger partial charge in [0.15, 0.2) is 0 Å². The summed E-state index contributed by atoms with van der Waals surface area (Å²) < 4.78 is 12.0. The van der Waals surface area contributed by atoms with E-state index in [9.17, 15) is 19.7 Å². The summed E-state index contributed by atoms with van der Waals surface area (Å²) in [5, 5.41) is 11.0. The minimum Gasteiger partial charge on any atom is -0.462 e. The molecule has 160 valence electrons. The Morgan fingerprint density at radius 1 is 0.935 bits per heavy atom. The van der Waals surface area contributed by atoms with Gasteiger partial charge in [0, 0.05) is 17.8 Å². The fraction of sp³-hybridized carbons (Fsp3) is 0.217. The van der Waals surface area contributed by atoms with E-state index in [4.69, 9.17) is 9.47 Å². The lowest BCUT2D eigenvalue weighted by Crippen LogP contribution is -2.17. The number of carbonyl (C=O) groups excluding carboxylic acids is 2. The zero-order valence-corrected chi connectivity index (χ0v) is 17.5. The van der Waals surface area contributed by atoms with E-state index in [1.807, 2.05) is 31.2 Å². The van der Waals surface area contributed by atoms with Crippen molar-refractivity contribution in [2.45, 2.75) is 20.8 Å². The summed E-state index contributed by atoms with van der Waals surface area (Å²) in [4.78, 5) is 36.1. The molecule has 8 heteroatoms. The zero-order valence-electron chi connectivity index (χ0n) is 17.5. The first-order valence-electron chi connectivity index (χ1n) is 9.79. The molecule has 0 N–H and O–H groups in total. The van der Waals surface area contributed by atoms with E-state index in [-0.39, 0.29) is 30.2 Å². The van der Waals surface area contributed by atoms with Gasteiger partial charge in [-0.05, 0) is 56.7 Å². The largest absolute Gasteiger partial charge is 0.462 e. The van der Waals surface area contributed by atoms with Crippen molar-refractivity contribution in [3.05, 3.63) is 81.5 Å². The summed E-state index contributed by atoms with van der Waals surface area (Å²) in [7, 11) is 0. The van der Waals surface area contributed by atoms with Crippen LogP contribution in [0.3, 0.4) is 0 Å². The van der Waals surface area contributed by atoms with Crippen molar-refractivity contribution < 1.29 is 24.0 Å². The summed E-state index contributed by atoms with van der Waals surface area (Å²) >= 11 is 0. The lowest BCUT2D eigenvalue weighted by Gasteiger charge is -2.14. The minimum absolute atomic E-state index is 0.0394. The number of benzene rings is 2. The smallest absolute Gasteiger partial charge is 0.356 e. The third kappa shape index (κ3) is 4.48. The van der Waals surface area contributed by atoms with Crippen LogP contribution in [0.15, 0.2) is 54.6 Å². The van der Waals surface area contributed by atoms with Gasteiger partial charge in [-0.3, -0.25) is 10.1 Å². The molecule has 0 atom stereocenters. The summed E-state index contributed by atoms with van der Waals surface area (Å²) in [5.74, 6) is -1.32. The Morgan fingerprint density at radius 3 is 2.06 bits per heavy atom. The number of hydrogen-bond acceptors (Lipinski definition) is 6. The number of rotatable bonds is 7. The molecule has 0 bridgehead atoms. The highest BCUT2D eigenvalue weighted by molar-refractivity contribution is 6.04. The van der Waals surface area contributed by atoms with Crippen molar-refractivity contribution in [2.24, 2.45) is 0 Å². The second kappa shape index (κ2) is 9.25. The Bertz CT molecular complexity index is 1110. The van der Waals surface area contributed by atoms with E-state index in [1.165, 1.54) is 12.1 Å². The molecule has 0 fully saturated rings. The van der Waals surface area contributed by atoms with Gasteiger partial charge in [0.1, 0.15) is 5.69 Å². The van der Waals surface area contributed by atoms with Crippen LogP contribution >= 0.6 is 0 Å². The van der Waals surface area contributed by atoms with Gasteiger partial charge in [0.05, 0.1) is 29.4 Å². The van der Waals surface area contributed by atoms with Crippen molar-refractivity contribution in [1.29, 1.82) is 0 Å². The number of nitro benzene ring substituents is 1. The van der Waals surface area contributed by atoms with E-state index in [2.05, 4.69) is 0 Å². The number of nitrogens with zero attached hydrogens (tertiary/aromatic N) is 2. The number of ether oxygens (including phenoxy) is 2. The number of carbonyl (C=O) groups is 2. The molecule has 0 aliphatic rings. The molecule has 0 spiro atoms. The predicted molar refractivity (Wildman–Crippen MR) is 115 cm³/mol. The first kappa shape index (κ1) is 21.8. The van der Waals surface area contributed by atoms with Gasteiger partial charge < -0.3 is 14.0 Å². The molecule has 1 heterocycles. The lowest BCUT2D eigenvalue weighted by molar-refractivity contribution is -0.384. The predicted octanol–water partition coefficient (Wildman–Crippen LogP) is 4.71. The average Bonchev–Trinajstić information content (AvgIpc) is 3.15. The topological polar surface area (TPSA) is 101 Å². The van der Waals surface area contributed by atoms with Crippen LogP contribution < -0.4 is 0 Å². The molecule has 2 aromatic carbocycles. The molecular formula is C23H22N2O6. The molecule has 8 nitrogen and oxygen atoms in total. The van der Waals surface area contributed by atoms with E-state index in [1.54, 1.807) is 36.6 Å². The maximum Gasteiger partial charge on any atom is 0.356 e. The minimum atomic E-state index is -0.667. The normalized spacial score (nSPS) is 10.5. The number of hydrogen-bond donors (Lipinski definition) is 0. The molecule has 0 saturated carbocycles. The third-order valence-electron chi connectivity index (χ3n) is 4.63. The Balaban J connectivity index is 2.31. The number of aryl methyl sites for hydroxylation is 1. The number of non-ortho nitro benzene ring substituents is 1. The summed E-state index contributed by atoms with van der Waals surface area (Å²) in [6, 6.07) is 14.8. The van der Waals surface area contributed by atoms with Crippen LogP contribution in [-0.2, 0) is 9.47 Å². The van der Waals surface area contributed by atoms with Crippen LogP contribution in [0.25, 0.3) is 16.9 Å². The summed E-state index contributed by atoms with van der Waals surface area (Å²) in [6.45, 7) is 5.57. The van der Waals surface area contributed by atoms with Crippen LogP contribution in [0.4, 0.5) is 5.69 Å². The molecule has 0 unspecified atom stereocenters. The number of nitro groups is 1. The maximum atomic E-state index is 12.9. The van der Waals surface area contributed by atoms with Crippen molar-refractivity contribution in [3.8, 4) is 16.9 Å². The van der Waals surface area contributed by atoms with Gasteiger partial charge in [-0.2, -0.15) is 0 Å². The fourth-order valence-electron chi connectivity index (χ4n) is 3.20. The molecule has 3 aromatic rings. The fourth-order valence-corrected chi connectivity index (χ4v) is 3.20. The van der Waals surface area contributed by atoms with Crippen molar-refractivity contribution in [2.75, 3.05) is 13.2 Å². The number of aromatic nitrogens is 1. The molecule has 0 radical (unpaired) electrons. The van der Waals surface area contributed by atoms with Crippen LogP contribution in [0.5, 0.6) is 0 Å². The van der Waals surface area contributed by atoms with Gasteiger partial charge in [-0.1, -0.05) is 17.7 Å². The van der Waals surface area contributed by atoms with Crippen LogP contribution in [0.1, 0.15) is 40.3 Å². The third-order valence-corrected chi connectivity index (χ3v) is 4.63. The molecule has 0 amide bonds. The standard InChI is InChI=1S/C23H22N2O6/c1-4-30-22(26)19-14-20(16-8-12-18(13-9-16)25(28)29)24(21(19)23(27)31-5-2)17-10-6-15(3)7-11-17/h6-14H,4-5H2,1-3H3. The Hall–Kier alpha value is -3.94. The zero-order chi connectivity index (χ0) is 22.5. The van der Waals surface area contributed by atoms with Gasteiger partial charge in [0.2, 0.25) is 0 Å². The van der Waals surface area contributed by atoms with E-state index < -0.39 is 16.9 Å². The van der Waals surface area contributed by atoms with Gasteiger partial charge in [-0.25, -0.2) is 9.59 Å². The lowest BCUT2D eigenvalue weighted by atomic mass is 10.1. The SMILES string of the molecule is CCOC(=O)c1cc(-c2ccc([N+](=O)[O-])cc2)n(-c2ccc(C)cc2)c1C(=O)OCC. The van der Waals surface area contributed by atoms with Gasteiger partial charge >= 0.3 is 11.9 Å². The van der Waals surface area contributed by atoms with E-state index in [0.29, 0.717) is 16.9 Å². The molecule has 0 saturated heterocycles. The molecule has 0 aliphatic heterocycles. The average molecular weight is 422 g/mol. The summed E-state index contributed by atoms with van der Waals surface area (Å²) in [6.07, 6.45) is 0. The Labute approximate surface area is 179 Å². The summed E-state index contributed by atoms with van der Waals surface area (Å²) in [5.41, 5.74) is 2.80. The second-order valence-corrected chi connectivity index (χ2v) is 6.71. The van der Waals surface area contributed by atoms with E-state index in [0.717, 1.165) is 5.56 Å². The molecular weight excluding hydrogens is 400 g/mol. The molecule has 0 aliphatic carbocycles. The van der Waals surface area contributed by atoms with Crippen molar-refractivity contribution in [1.82, 2.24) is 4.57 Å². The van der Waals surface area contributed by atoms with Crippen LogP contribution in [0, 0.1) is 17.0 Å². The van der Waals surface area contributed by atoms with Gasteiger partial charge in [-0.15, -0.1) is 0 Å². The van der Waals surface area contributed by atoms with Gasteiger partial charge in [0.25, 0.3) is 5.69 Å². The first-order chi connectivity index (χ1) is 14.9. The van der Waals surface area contributed by atoms with Crippen molar-refractivity contribution in [3.63, 3.8) is 0 Å². The van der Waals surface area contributed by atoms with Crippen LogP contribution in [0.2, 0.25) is 0 Å². The van der Waals surface area contributed by atoms with Crippen LogP contribution in [-0.4, -0.2) is 34.6 Å².